The minimum absolute atomic E-state index is 0.00951. The van der Waals surface area contributed by atoms with E-state index < -0.39 is 33.9 Å². The number of rotatable bonds is 4. The molecule has 0 aliphatic carbocycles. The highest BCUT2D eigenvalue weighted by Crippen LogP contribution is 2.34. The smallest absolute Gasteiger partial charge is 0.341 e. The number of piperidine rings is 1. The van der Waals surface area contributed by atoms with E-state index in [9.17, 15) is 26.4 Å². The Morgan fingerprint density at radius 2 is 1.85 bits per heavy atom. The van der Waals surface area contributed by atoms with E-state index in [1.54, 1.807) is 0 Å². The number of hydrogen-bond donors (Lipinski definition) is 1. The number of alkyl halides is 3. The van der Waals surface area contributed by atoms with Crippen LogP contribution < -0.4 is 5.73 Å². The van der Waals surface area contributed by atoms with Gasteiger partial charge >= 0.3 is 6.18 Å². The van der Waals surface area contributed by atoms with Crippen molar-refractivity contribution in [3.63, 3.8) is 0 Å². The van der Waals surface area contributed by atoms with Gasteiger partial charge < -0.3 is 10.6 Å². The number of nitrogens with zero attached hydrogens (tertiary/aromatic N) is 1. The van der Waals surface area contributed by atoms with Gasteiger partial charge in [0.1, 0.15) is 9.84 Å². The number of amides is 1. The summed E-state index contributed by atoms with van der Waals surface area (Å²) in [6.07, 6.45) is -3.47. The number of hydrogen-bond acceptors (Lipinski definition) is 4. The summed E-state index contributed by atoms with van der Waals surface area (Å²) in [6, 6.07) is -0.979. The largest absolute Gasteiger partial charge is 0.391 e. The van der Waals surface area contributed by atoms with Crippen molar-refractivity contribution >= 4 is 15.7 Å². The lowest BCUT2D eigenvalue weighted by Crippen LogP contribution is -2.49. The molecule has 118 valence electrons. The van der Waals surface area contributed by atoms with Gasteiger partial charge in [0.15, 0.2) is 0 Å². The van der Waals surface area contributed by atoms with Crippen molar-refractivity contribution in [2.75, 3.05) is 25.1 Å². The molecule has 20 heavy (non-hydrogen) atoms. The van der Waals surface area contributed by atoms with Crippen LogP contribution in [0, 0.1) is 5.92 Å². The van der Waals surface area contributed by atoms with Crippen LogP contribution in [-0.2, 0) is 14.6 Å². The van der Waals surface area contributed by atoms with Gasteiger partial charge in [-0.3, -0.25) is 4.79 Å². The van der Waals surface area contributed by atoms with Crippen LogP contribution in [0.5, 0.6) is 0 Å². The van der Waals surface area contributed by atoms with Gasteiger partial charge in [-0.2, -0.15) is 13.2 Å². The first-order chi connectivity index (χ1) is 9.00. The Kier molecular flexibility index (Phi) is 5.42. The fourth-order valence-corrected chi connectivity index (χ4v) is 2.81. The zero-order chi connectivity index (χ0) is 15.6. The summed E-state index contributed by atoms with van der Waals surface area (Å²) in [6.45, 7) is 0.0190. The molecular formula is C11H19F3N2O3S. The van der Waals surface area contributed by atoms with Crippen LogP contribution in [0.25, 0.3) is 0 Å². The molecule has 9 heteroatoms. The molecule has 1 aliphatic heterocycles. The van der Waals surface area contributed by atoms with E-state index in [4.69, 9.17) is 5.73 Å². The van der Waals surface area contributed by atoms with E-state index >= 15 is 0 Å². The average Bonchev–Trinajstić information content (AvgIpc) is 2.33. The summed E-state index contributed by atoms with van der Waals surface area (Å²) in [5.41, 5.74) is 5.60. The first kappa shape index (κ1) is 17.2. The zero-order valence-electron chi connectivity index (χ0n) is 11.2. The molecule has 1 saturated heterocycles. The van der Waals surface area contributed by atoms with Crippen LogP contribution in [0.15, 0.2) is 0 Å². The van der Waals surface area contributed by atoms with Gasteiger partial charge in [0.25, 0.3) is 0 Å². The summed E-state index contributed by atoms with van der Waals surface area (Å²) in [5.74, 6) is -2.06. The van der Waals surface area contributed by atoms with Crippen molar-refractivity contribution in [2.45, 2.75) is 31.5 Å². The Morgan fingerprint density at radius 1 is 1.35 bits per heavy atom. The molecule has 1 heterocycles. The minimum atomic E-state index is -4.23. The second-order valence-corrected chi connectivity index (χ2v) is 7.43. The van der Waals surface area contributed by atoms with Crippen LogP contribution in [0.3, 0.4) is 0 Å². The first-order valence-electron chi connectivity index (χ1n) is 6.29. The molecule has 1 rings (SSSR count). The van der Waals surface area contributed by atoms with Gasteiger partial charge in [-0.15, -0.1) is 0 Å². The van der Waals surface area contributed by atoms with Gasteiger partial charge in [-0.05, 0) is 19.3 Å². The van der Waals surface area contributed by atoms with Crippen molar-refractivity contribution in [1.82, 2.24) is 4.90 Å². The molecule has 0 aromatic heterocycles. The number of sulfone groups is 1. The molecule has 0 spiro atoms. The highest BCUT2D eigenvalue weighted by molar-refractivity contribution is 7.90. The van der Waals surface area contributed by atoms with E-state index in [-0.39, 0.29) is 38.1 Å². The average molecular weight is 316 g/mol. The molecule has 0 aromatic rings. The molecule has 0 aromatic carbocycles. The van der Waals surface area contributed by atoms with E-state index in [1.165, 1.54) is 4.90 Å². The monoisotopic (exact) mass is 316 g/mol. The first-order valence-corrected chi connectivity index (χ1v) is 8.35. The second kappa shape index (κ2) is 6.30. The van der Waals surface area contributed by atoms with E-state index in [0.29, 0.717) is 0 Å². The molecule has 1 fully saturated rings. The van der Waals surface area contributed by atoms with Crippen molar-refractivity contribution in [3.8, 4) is 0 Å². The fourth-order valence-electron chi connectivity index (χ4n) is 2.13. The molecule has 1 aliphatic rings. The Hall–Kier alpha value is -0.830. The van der Waals surface area contributed by atoms with E-state index in [1.807, 2.05) is 0 Å². The highest BCUT2D eigenvalue weighted by atomic mass is 32.2. The topological polar surface area (TPSA) is 80.5 Å². The Bertz CT molecular complexity index is 442. The van der Waals surface area contributed by atoms with Crippen LogP contribution in [-0.4, -0.2) is 56.5 Å². The van der Waals surface area contributed by atoms with Gasteiger partial charge in [-0.25, -0.2) is 8.42 Å². The van der Waals surface area contributed by atoms with Crippen LogP contribution in [0.1, 0.15) is 19.3 Å². The maximum atomic E-state index is 12.5. The van der Waals surface area contributed by atoms with Crippen LogP contribution in [0.2, 0.25) is 0 Å². The number of likely N-dealkylation sites (tertiary alicyclic amines) is 1. The lowest BCUT2D eigenvalue weighted by Gasteiger charge is -2.34. The summed E-state index contributed by atoms with van der Waals surface area (Å²) in [4.78, 5) is 13.2. The van der Waals surface area contributed by atoms with E-state index in [0.717, 1.165) is 6.26 Å². The van der Waals surface area contributed by atoms with Gasteiger partial charge in [0, 0.05) is 19.3 Å². The second-order valence-electron chi connectivity index (χ2n) is 5.17. The third-order valence-corrected chi connectivity index (χ3v) is 4.36. The summed E-state index contributed by atoms with van der Waals surface area (Å²) in [5, 5.41) is 0. The van der Waals surface area contributed by atoms with Crippen molar-refractivity contribution in [1.29, 1.82) is 0 Å². The lowest BCUT2D eigenvalue weighted by molar-refractivity contribution is -0.186. The quantitative estimate of drug-likeness (QED) is 0.821. The van der Waals surface area contributed by atoms with Gasteiger partial charge in [0.05, 0.1) is 17.7 Å². The van der Waals surface area contributed by atoms with Crippen LogP contribution >= 0.6 is 0 Å². The molecule has 0 bridgehead atoms. The predicted molar refractivity (Wildman–Crippen MR) is 67.7 cm³/mol. The zero-order valence-corrected chi connectivity index (χ0v) is 12.0. The normalized spacial score (nSPS) is 19.9. The fraction of sp³-hybridized carbons (Fsp3) is 0.909. The maximum Gasteiger partial charge on any atom is 0.391 e. The SMILES string of the molecule is CS(=O)(=O)CCC(N)C(=O)N1CCC(C(F)(F)F)CC1. The summed E-state index contributed by atoms with van der Waals surface area (Å²) in [7, 11) is -3.21. The third kappa shape index (κ3) is 5.28. The summed E-state index contributed by atoms with van der Waals surface area (Å²) < 4.78 is 59.4. The molecule has 1 atom stereocenters. The number of halogens is 3. The standard InChI is InChI=1S/C11H19F3N2O3S/c1-20(18,19)7-4-9(15)10(17)16-5-2-8(3-6-16)11(12,13)14/h8-9H,2-7,15H2,1H3. The van der Waals surface area contributed by atoms with Gasteiger partial charge in [0.2, 0.25) is 5.91 Å². The predicted octanol–water partition coefficient (Wildman–Crippen LogP) is 0.549. The van der Waals surface area contributed by atoms with E-state index in [2.05, 4.69) is 0 Å². The lowest BCUT2D eigenvalue weighted by atomic mass is 9.96. The van der Waals surface area contributed by atoms with Crippen molar-refractivity contribution in [2.24, 2.45) is 11.7 Å². The number of nitrogens with two attached hydrogens (primary N) is 1. The van der Waals surface area contributed by atoms with Gasteiger partial charge in [-0.1, -0.05) is 0 Å². The number of carbonyl (C=O) groups is 1. The molecule has 1 amide bonds. The number of carbonyl (C=O) groups excluding carboxylic acids is 1. The van der Waals surface area contributed by atoms with Crippen LogP contribution in [0.4, 0.5) is 13.2 Å². The highest BCUT2D eigenvalue weighted by Gasteiger charge is 2.42. The molecule has 1 unspecified atom stereocenters. The molecule has 0 saturated carbocycles. The molecule has 0 radical (unpaired) electrons. The van der Waals surface area contributed by atoms with Crippen molar-refractivity contribution in [3.05, 3.63) is 0 Å². The molecule has 5 nitrogen and oxygen atoms in total. The minimum Gasteiger partial charge on any atom is -0.341 e. The Balaban J connectivity index is 2.46. The third-order valence-electron chi connectivity index (χ3n) is 3.39. The van der Waals surface area contributed by atoms with Crippen molar-refractivity contribution < 1.29 is 26.4 Å². The molecular weight excluding hydrogens is 297 g/mol. The Labute approximate surface area is 116 Å². The molecule has 2 N–H and O–H groups in total. The Morgan fingerprint density at radius 3 is 2.25 bits per heavy atom. The summed E-state index contributed by atoms with van der Waals surface area (Å²) >= 11 is 0. The maximum absolute atomic E-state index is 12.5.